The van der Waals surface area contributed by atoms with Crippen LogP contribution in [0.25, 0.3) is 0 Å². The lowest BCUT2D eigenvalue weighted by Gasteiger charge is -2.25. The minimum Gasteiger partial charge on any atom is -0.382 e. The second-order valence-electron chi connectivity index (χ2n) is 5.66. The van der Waals surface area contributed by atoms with Gasteiger partial charge in [0.05, 0.1) is 5.75 Å². The maximum atomic E-state index is 12.1. The molecule has 1 rings (SSSR count). The lowest BCUT2D eigenvalue weighted by molar-refractivity contribution is 0.304. The summed E-state index contributed by atoms with van der Waals surface area (Å²) in [7, 11) is -3.34. The molecule has 0 spiro atoms. The van der Waals surface area contributed by atoms with E-state index in [2.05, 4.69) is 37.4 Å². The van der Waals surface area contributed by atoms with E-state index >= 15 is 0 Å². The minimum atomic E-state index is -3.34. The second kappa shape index (κ2) is 6.76. The zero-order chi connectivity index (χ0) is 15.5. The van der Waals surface area contributed by atoms with E-state index in [-0.39, 0.29) is 16.5 Å². The van der Waals surface area contributed by atoms with Gasteiger partial charge in [-0.3, -0.25) is 0 Å². The normalized spacial score (nSPS) is 12.6. The molecule has 3 N–H and O–H groups in total. The molecule has 7 heteroatoms. The Morgan fingerprint density at radius 2 is 1.80 bits per heavy atom. The van der Waals surface area contributed by atoms with E-state index in [9.17, 15) is 8.42 Å². The van der Waals surface area contributed by atoms with Crippen molar-refractivity contribution in [2.75, 3.05) is 23.3 Å². The zero-order valence-electron chi connectivity index (χ0n) is 12.8. The van der Waals surface area contributed by atoms with E-state index in [0.717, 1.165) is 18.1 Å². The van der Waals surface area contributed by atoms with E-state index in [4.69, 9.17) is 5.73 Å². The van der Waals surface area contributed by atoms with E-state index in [1.165, 1.54) is 0 Å². The second-order valence-corrected chi connectivity index (χ2v) is 8.65. The standard InChI is InChI=1S/C13H25N3O2S2/c1-6-20(17,18)11-12(14)16-19-13(11)15-7-10(8(2)3)9(4)5/h8-10,15H,6-7H2,1-5H3,(H2,14,16). The van der Waals surface area contributed by atoms with Crippen molar-refractivity contribution in [1.82, 2.24) is 4.37 Å². The number of nitrogen functional groups attached to an aromatic ring is 1. The van der Waals surface area contributed by atoms with Crippen LogP contribution in [0.3, 0.4) is 0 Å². The summed E-state index contributed by atoms with van der Waals surface area (Å²) >= 11 is 1.12. The van der Waals surface area contributed by atoms with Crippen LogP contribution in [-0.2, 0) is 9.84 Å². The van der Waals surface area contributed by atoms with Gasteiger partial charge in [0.1, 0.15) is 9.90 Å². The highest BCUT2D eigenvalue weighted by Crippen LogP contribution is 2.33. The third kappa shape index (κ3) is 3.85. The highest BCUT2D eigenvalue weighted by Gasteiger charge is 2.25. The molecule has 0 fully saturated rings. The molecular formula is C13H25N3O2S2. The summed E-state index contributed by atoms with van der Waals surface area (Å²) in [6.07, 6.45) is 0. The van der Waals surface area contributed by atoms with Crippen molar-refractivity contribution in [2.24, 2.45) is 17.8 Å². The van der Waals surface area contributed by atoms with Gasteiger partial charge in [0.15, 0.2) is 15.7 Å². The Kier molecular flexibility index (Phi) is 5.82. The first-order valence-electron chi connectivity index (χ1n) is 6.92. The van der Waals surface area contributed by atoms with Crippen molar-refractivity contribution in [3.05, 3.63) is 0 Å². The Labute approximate surface area is 126 Å². The van der Waals surface area contributed by atoms with Gasteiger partial charge in [0, 0.05) is 6.54 Å². The number of nitrogens with one attached hydrogen (secondary N) is 1. The number of sulfone groups is 1. The fourth-order valence-corrected chi connectivity index (χ4v) is 4.48. The monoisotopic (exact) mass is 319 g/mol. The number of aromatic nitrogens is 1. The molecule has 0 unspecified atom stereocenters. The Morgan fingerprint density at radius 3 is 2.25 bits per heavy atom. The first-order valence-corrected chi connectivity index (χ1v) is 9.35. The highest BCUT2D eigenvalue weighted by atomic mass is 32.2. The van der Waals surface area contributed by atoms with Gasteiger partial charge >= 0.3 is 0 Å². The molecule has 5 nitrogen and oxygen atoms in total. The number of anilines is 2. The van der Waals surface area contributed by atoms with Gasteiger partial charge in [0.25, 0.3) is 0 Å². The lowest BCUT2D eigenvalue weighted by Crippen LogP contribution is -2.24. The molecule has 20 heavy (non-hydrogen) atoms. The molecule has 1 aromatic rings. The molecule has 1 heterocycles. The molecule has 0 aromatic carbocycles. The molecule has 116 valence electrons. The number of rotatable bonds is 7. The third-order valence-corrected chi connectivity index (χ3v) is 6.32. The van der Waals surface area contributed by atoms with Crippen LogP contribution in [0, 0.1) is 17.8 Å². The van der Waals surface area contributed by atoms with Crippen molar-refractivity contribution >= 4 is 32.2 Å². The molecular weight excluding hydrogens is 294 g/mol. The SMILES string of the molecule is CCS(=O)(=O)c1c(N)nsc1NCC(C(C)C)C(C)C. The lowest BCUT2D eigenvalue weighted by atomic mass is 9.85. The molecule has 0 saturated heterocycles. The number of nitrogens with two attached hydrogens (primary N) is 1. The van der Waals surface area contributed by atoms with E-state index in [1.54, 1.807) is 6.92 Å². The summed E-state index contributed by atoms with van der Waals surface area (Å²) in [5, 5.41) is 3.80. The number of hydrogen-bond acceptors (Lipinski definition) is 6. The Hall–Kier alpha value is -0.820. The topological polar surface area (TPSA) is 85.1 Å². The van der Waals surface area contributed by atoms with Crippen LogP contribution in [0.2, 0.25) is 0 Å². The molecule has 0 bridgehead atoms. The third-order valence-electron chi connectivity index (χ3n) is 3.58. The summed E-state index contributed by atoms with van der Waals surface area (Å²) in [6, 6.07) is 0. The van der Waals surface area contributed by atoms with Gasteiger partial charge in [-0.25, -0.2) is 8.42 Å². The van der Waals surface area contributed by atoms with Crippen molar-refractivity contribution in [3.63, 3.8) is 0 Å². The first kappa shape index (κ1) is 17.2. The van der Waals surface area contributed by atoms with Gasteiger partial charge in [-0.2, -0.15) is 4.37 Å². The molecule has 0 atom stereocenters. The molecule has 0 aliphatic heterocycles. The van der Waals surface area contributed by atoms with Crippen LogP contribution in [-0.4, -0.2) is 25.1 Å². The van der Waals surface area contributed by atoms with Crippen LogP contribution < -0.4 is 11.1 Å². The summed E-state index contributed by atoms with van der Waals surface area (Å²) in [5.41, 5.74) is 5.71. The van der Waals surface area contributed by atoms with Gasteiger partial charge in [0.2, 0.25) is 0 Å². The van der Waals surface area contributed by atoms with Crippen LogP contribution in [0.5, 0.6) is 0 Å². The van der Waals surface area contributed by atoms with Crippen LogP contribution in [0.1, 0.15) is 34.6 Å². The maximum absolute atomic E-state index is 12.1. The minimum absolute atomic E-state index is 0.0298. The van der Waals surface area contributed by atoms with Gasteiger partial charge in [-0.15, -0.1) is 0 Å². The molecule has 0 saturated carbocycles. The Bertz CT molecular complexity index is 528. The Balaban J connectivity index is 2.95. The van der Waals surface area contributed by atoms with E-state index in [0.29, 0.717) is 22.8 Å². The number of hydrogen-bond donors (Lipinski definition) is 2. The van der Waals surface area contributed by atoms with E-state index in [1.807, 2.05) is 0 Å². The smallest absolute Gasteiger partial charge is 0.184 e. The predicted molar refractivity (Wildman–Crippen MR) is 85.9 cm³/mol. The van der Waals surface area contributed by atoms with E-state index < -0.39 is 9.84 Å². The van der Waals surface area contributed by atoms with Crippen LogP contribution in [0.15, 0.2) is 4.90 Å². The molecule has 0 radical (unpaired) electrons. The average molecular weight is 319 g/mol. The maximum Gasteiger partial charge on any atom is 0.184 e. The largest absolute Gasteiger partial charge is 0.382 e. The van der Waals surface area contributed by atoms with Gasteiger partial charge in [-0.05, 0) is 29.3 Å². The quantitative estimate of drug-likeness (QED) is 0.807. The van der Waals surface area contributed by atoms with Crippen LogP contribution >= 0.6 is 11.5 Å². The van der Waals surface area contributed by atoms with Crippen molar-refractivity contribution in [1.29, 1.82) is 0 Å². The van der Waals surface area contributed by atoms with Gasteiger partial charge in [-0.1, -0.05) is 34.6 Å². The zero-order valence-corrected chi connectivity index (χ0v) is 14.4. The molecule has 0 aliphatic carbocycles. The fourth-order valence-electron chi connectivity index (χ4n) is 2.30. The molecule has 0 aliphatic rings. The van der Waals surface area contributed by atoms with Gasteiger partial charge < -0.3 is 11.1 Å². The average Bonchev–Trinajstić information content (AvgIpc) is 2.70. The first-order chi connectivity index (χ1) is 9.20. The summed E-state index contributed by atoms with van der Waals surface area (Å²) in [4.78, 5) is 0.163. The van der Waals surface area contributed by atoms with Crippen molar-refractivity contribution in [2.45, 2.75) is 39.5 Å². The number of nitrogens with zero attached hydrogens (tertiary/aromatic N) is 1. The fraction of sp³-hybridized carbons (Fsp3) is 0.769. The van der Waals surface area contributed by atoms with Crippen molar-refractivity contribution < 1.29 is 8.42 Å². The van der Waals surface area contributed by atoms with Crippen molar-refractivity contribution in [3.8, 4) is 0 Å². The summed E-state index contributed by atoms with van der Waals surface area (Å²) < 4.78 is 28.1. The Morgan fingerprint density at radius 1 is 1.25 bits per heavy atom. The predicted octanol–water partition coefficient (Wildman–Crippen LogP) is 2.86. The molecule has 1 aromatic heterocycles. The molecule has 0 amide bonds. The summed E-state index contributed by atoms with van der Waals surface area (Å²) in [5.74, 6) is 1.65. The van der Waals surface area contributed by atoms with Crippen LogP contribution in [0.4, 0.5) is 10.8 Å². The summed E-state index contributed by atoms with van der Waals surface area (Å²) in [6.45, 7) is 11.0. The highest BCUT2D eigenvalue weighted by molar-refractivity contribution is 7.91.